The van der Waals surface area contributed by atoms with E-state index in [1.807, 2.05) is 0 Å². The molecule has 0 amide bonds. The van der Waals surface area contributed by atoms with Gasteiger partial charge < -0.3 is 9.13 Å². The molecule has 0 saturated heterocycles. The maximum Gasteiger partial charge on any atom is 0.293 e. The van der Waals surface area contributed by atoms with Crippen LogP contribution in [0.15, 0.2) is 60.4 Å². The van der Waals surface area contributed by atoms with E-state index < -0.39 is 8.37 Å². The molecule has 176 valence electrons. The molecule has 1 aliphatic rings. The minimum absolute atomic E-state index is 0.433. The highest BCUT2D eigenvalue weighted by Gasteiger charge is 2.33. The molecule has 1 heterocycles. The molecule has 2 aromatic rings. The molecule has 33 heavy (non-hydrogen) atoms. The monoisotopic (exact) mass is 476 g/mol. The Bertz CT molecular complexity index is 1040. The van der Waals surface area contributed by atoms with Gasteiger partial charge in [0.25, 0.3) is 8.37 Å². The number of rotatable bonds is 6. The Labute approximate surface area is 205 Å². The van der Waals surface area contributed by atoms with Crippen LogP contribution in [-0.4, -0.2) is 8.37 Å². The van der Waals surface area contributed by atoms with Gasteiger partial charge >= 0.3 is 0 Å². The molecule has 0 atom stereocenters. The van der Waals surface area contributed by atoms with Crippen molar-refractivity contribution in [1.29, 1.82) is 0 Å². The van der Waals surface area contributed by atoms with E-state index in [0.717, 1.165) is 5.70 Å². The van der Waals surface area contributed by atoms with E-state index in [-0.39, 0.29) is 0 Å². The second-order valence-electron chi connectivity index (χ2n) is 10.5. The van der Waals surface area contributed by atoms with E-state index in [0.29, 0.717) is 23.7 Å². The first kappa shape index (κ1) is 25.7. The smallest absolute Gasteiger partial charge is 0.293 e. The van der Waals surface area contributed by atoms with Crippen LogP contribution in [0.25, 0.3) is 0 Å². The number of anilines is 2. The van der Waals surface area contributed by atoms with Crippen LogP contribution in [0.5, 0.6) is 0 Å². The first-order chi connectivity index (χ1) is 15.5. The third kappa shape index (κ3) is 4.81. The number of hydrogen-bond donors (Lipinski definition) is 0. The molecule has 1 aliphatic heterocycles. The minimum atomic E-state index is -1.39. The third-order valence-electron chi connectivity index (χ3n) is 6.57. The van der Waals surface area contributed by atoms with Crippen LogP contribution in [0.3, 0.4) is 0 Å². The molecule has 0 aliphatic carbocycles. The molecule has 0 aromatic heterocycles. The zero-order valence-electron chi connectivity index (χ0n) is 22.0. The van der Waals surface area contributed by atoms with E-state index in [4.69, 9.17) is 0 Å². The van der Waals surface area contributed by atoms with Gasteiger partial charge in [0.1, 0.15) is 0 Å². The maximum atomic E-state index is 4.53. The quantitative estimate of drug-likeness (QED) is 0.303. The van der Waals surface area contributed by atoms with E-state index in [1.54, 1.807) is 0 Å². The summed E-state index contributed by atoms with van der Waals surface area (Å²) in [4.78, 5) is 0. The van der Waals surface area contributed by atoms with Gasteiger partial charge in [-0.05, 0) is 58.9 Å². The summed E-state index contributed by atoms with van der Waals surface area (Å²) in [5.74, 6) is 1.76. The van der Waals surface area contributed by atoms with E-state index in [2.05, 4.69) is 129 Å². The molecular formula is C29H41N2PSi. The van der Waals surface area contributed by atoms with Crippen molar-refractivity contribution in [2.45, 2.75) is 86.0 Å². The summed E-state index contributed by atoms with van der Waals surface area (Å²) in [6, 6.07) is 13.6. The predicted molar refractivity (Wildman–Crippen MR) is 151 cm³/mol. The summed E-state index contributed by atoms with van der Waals surface area (Å²) >= 11 is 0. The molecule has 0 fully saturated rings. The Morgan fingerprint density at radius 1 is 0.667 bits per heavy atom. The van der Waals surface area contributed by atoms with Gasteiger partial charge in [-0.1, -0.05) is 98.4 Å². The number of nitrogens with zero attached hydrogens (tertiary/aromatic N) is 2. The fourth-order valence-corrected chi connectivity index (χ4v) is 8.35. The molecule has 0 saturated carbocycles. The SMILES string of the molecule is C=C1C=C(C)N(c2c(C(C)C)cccc2C(C)C)[Si](=P)N1c1c(C(C)C)cccc1C(C)C. The van der Waals surface area contributed by atoms with Crippen LogP contribution in [0.2, 0.25) is 0 Å². The van der Waals surface area contributed by atoms with Crippen molar-refractivity contribution in [2.24, 2.45) is 0 Å². The summed E-state index contributed by atoms with van der Waals surface area (Å²) in [6.45, 7) is 25.1. The third-order valence-corrected chi connectivity index (χ3v) is 9.85. The van der Waals surface area contributed by atoms with Crippen LogP contribution < -0.4 is 9.13 Å². The van der Waals surface area contributed by atoms with Crippen molar-refractivity contribution >= 4 is 28.1 Å². The van der Waals surface area contributed by atoms with Crippen LogP contribution in [0.1, 0.15) is 108 Å². The fourth-order valence-electron chi connectivity index (χ4n) is 4.84. The highest BCUT2D eigenvalue weighted by Crippen LogP contribution is 2.43. The topological polar surface area (TPSA) is 6.48 Å². The maximum absolute atomic E-state index is 4.53. The molecule has 0 unspecified atom stereocenters. The summed E-state index contributed by atoms with van der Waals surface area (Å²) < 4.78 is 5.07. The molecule has 3 rings (SSSR count). The second kappa shape index (κ2) is 10.1. The van der Waals surface area contributed by atoms with Gasteiger partial charge in [0, 0.05) is 22.8 Å². The molecule has 2 aromatic carbocycles. The van der Waals surface area contributed by atoms with Gasteiger partial charge in [0.05, 0.1) is 0 Å². The Morgan fingerprint density at radius 2 is 1.00 bits per heavy atom. The molecule has 0 radical (unpaired) electrons. The average Bonchev–Trinajstić information content (AvgIpc) is 2.72. The summed E-state index contributed by atoms with van der Waals surface area (Å²) in [5.41, 5.74) is 10.6. The van der Waals surface area contributed by atoms with Gasteiger partial charge in [0.15, 0.2) is 0 Å². The second-order valence-corrected chi connectivity index (χ2v) is 13.3. The minimum Gasteiger partial charge on any atom is -0.331 e. The van der Waals surface area contributed by atoms with Crippen molar-refractivity contribution in [3.63, 3.8) is 0 Å². The van der Waals surface area contributed by atoms with Gasteiger partial charge in [-0.25, -0.2) is 0 Å². The van der Waals surface area contributed by atoms with E-state index in [9.17, 15) is 0 Å². The predicted octanol–water partition coefficient (Wildman–Crippen LogP) is 9.05. The molecule has 4 heteroatoms. The molecule has 0 bridgehead atoms. The van der Waals surface area contributed by atoms with Crippen LogP contribution in [0.4, 0.5) is 11.4 Å². The summed E-state index contributed by atoms with van der Waals surface area (Å²) in [6.07, 6.45) is 2.26. The number of allylic oxidation sites excluding steroid dienone is 2. The Kier molecular flexibility index (Phi) is 7.86. The van der Waals surface area contributed by atoms with Gasteiger partial charge in [-0.15, -0.1) is 8.38 Å². The lowest BCUT2D eigenvalue weighted by atomic mass is 9.92. The van der Waals surface area contributed by atoms with E-state index >= 15 is 0 Å². The lowest BCUT2D eigenvalue weighted by molar-refractivity contribution is 0.825. The lowest BCUT2D eigenvalue weighted by Crippen LogP contribution is -2.48. The molecular weight excluding hydrogens is 435 g/mol. The first-order valence-corrected chi connectivity index (χ1v) is 15.2. The fraction of sp³-hybridized carbons (Fsp3) is 0.448. The largest absolute Gasteiger partial charge is 0.331 e. The highest BCUT2D eigenvalue weighted by molar-refractivity contribution is 7.37. The highest BCUT2D eigenvalue weighted by atomic mass is 31.1. The standard InChI is InChI=1S/C29H41N2PSi/c1-18(2)24-13-11-14-25(19(3)4)28(24)30-22(9)17-23(10)31(33(30)32)29-26(20(5)6)15-12-16-27(29)21(7)8/h11-21,32H,9H2,1-8,10H3. The zero-order chi connectivity index (χ0) is 24.6. The van der Waals surface area contributed by atoms with Crippen molar-refractivity contribution in [3.05, 3.63) is 82.7 Å². The lowest BCUT2D eigenvalue weighted by Gasteiger charge is -2.43. The average molecular weight is 477 g/mol. The Balaban J connectivity index is 2.31. The molecule has 2 nitrogen and oxygen atoms in total. The van der Waals surface area contributed by atoms with Gasteiger partial charge in [-0.3, -0.25) is 0 Å². The summed E-state index contributed by atoms with van der Waals surface area (Å²) in [5, 5.41) is 0. The van der Waals surface area contributed by atoms with E-state index in [1.165, 1.54) is 39.3 Å². The number of hydrogen-bond acceptors (Lipinski definition) is 0. The number of para-hydroxylation sites is 2. The summed E-state index contributed by atoms with van der Waals surface area (Å²) in [7, 11) is 2.94. The van der Waals surface area contributed by atoms with Gasteiger partial charge in [0.2, 0.25) is 0 Å². The first-order valence-electron chi connectivity index (χ1n) is 12.3. The van der Waals surface area contributed by atoms with Crippen molar-refractivity contribution in [2.75, 3.05) is 9.13 Å². The van der Waals surface area contributed by atoms with Crippen molar-refractivity contribution in [1.82, 2.24) is 0 Å². The van der Waals surface area contributed by atoms with Crippen molar-refractivity contribution < 1.29 is 0 Å². The zero-order valence-corrected chi connectivity index (χ0v) is 24.0. The Hall–Kier alpha value is -1.96. The molecule has 0 spiro atoms. The van der Waals surface area contributed by atoms with Crippen molar-refractivity contribution in [3.8, 4) is 0 Å². The molecule has 0 N–H and O–H groups in total. The number of benzene rings is 2. The normalized spacial score (nSPS) is 14.9. The van der Waals surface area contributed by atoms with Crippen LogP contribution in [0, 0.1) is 0 Å². The van der Waals surface area contributed by atoms with Gasteiger partial charge in [-0.2, -0.15) is 0 Å². The van der Waals surface area contributed by atoms with Crippen LogP contribution in [-0.2, 0) is 0 Å². The van der Waals surface area contributed by atoms with Crippen LogP contribution >= 0.6 is 8.38 Å². The Morgan fingerprint density at radius 3 is 1.33 bits per heavy atom.